The van der Waals surface area contributed by atoms with Crippen LogP contribution in [-0.2, 0) is 11.2 Å². The second-order valence-electron chi connectivity index (χ2n) is 8.15. The molecule has 146 valence electrons. The van der Waals surface area contributed by atoms with Gasteiger partial charge in [-0.3, -0.25) is 4.79 Å². The van der Waals surface area contributed by atoms with E-state index in [0.29, 0.717) is 13.1 Å². The van der Waals surface area contributed by atoms with Crippen molar-refractivity contribution in [3.63, 3.8) is 0 Å². The van der Waals surface area contributed by atoms with Crippen LogP contribution in [-0.4, -0.2) is 47.9 Å². The van der Waals surface area contributed by atoms with Crippen LogP contribution in [0.4, 0.5) is 10.5 Å². The Morgan fingerprint density at radius 2 is 1.67 bits per heavy atom. The smallest absolute Gasteiger partial charge is 0.319 e. The number of carbonyl (C=O) groups is 2. The Hall–Kier alpha value is -2.24. The number of likely N-dealkylation sites (tertiary alicyclic amines) is 2. The average Bonchev–Trinajstić information content (AvgIpc) is 3.22. The van der Waals surface area contributed by atoms with Gasteiger partial charge in [-0.05, 0) is 68.2 Å². The van der Waals surface area contributed by atoms with Gasteiger partial charge in [0, 0.05) is 37.8 Å². The molecular formula is C21H30N4O2. The van der Waals surface area contributed by atoms with E-state index in [0.717, 1.165) is 63.7 Å². The van der Waals surface area contributed by atoms with E-state index < -0.39 is 0 Å². The van der Waals surface area contributed by atoms with E-state index >= 15 is 0 Å². The van der Waals surface area contributed by atoms with Crippen molar-refractivity contribution in [1.29, 1.82) is 0 Å². The molecule has 1 aromatic rings. The fourth-order valence-corrected chi connectivity index (χ4v) is 4.72. The molecule has 4 rings (SSSR count). The average molecular weight is 370 g/mol. The second-order valence-corrected chi connectivity index (χ2v) is 8.15. The molecule has 1 aliphatic carbocycles. The first-order valence-corrected chi connectivity index (χ1v) is 10.3. The molecular weight excluding hydrogens is 340 g/mol. The van der Waals surface area contributed by atoms with Crippen molar-refractivity contribution in [2.75, 3.05) is 31.9 Å². The van der Waals surface area contributed by atoms with Gasteiger partial charge in [0.15, 0.2) is 0 Å². The third-order valence-corrected chi connectivity index (χ3v) is 6.31. The molecule has 0 radical (unpaired) electrons. The summed E-state index contributed by atoms with van der Waals surface area (Å²) in [4.78, 5) is 29.2. The van der Waals surface area contributed by atoms with E-state index in [9.17, 15) is 9.59 Å². The summed E-state index contributed by atoms with van der Waals surface area (Å²) in [6.07, 6.45) is 6.82. The molecule has 6 heteroatoms. The number of piperidine rings is 1. The number of nitrogen functional groups attached to an aromatic ring is 1. The van der Waals surface area contributed by atoms with Gasteiger partial charge in [0.2, 0.25) is 5.91 Å². The minimum absolute atomic E-state index is 0.00628. The maximum Gasteiger partial charge on any atom is 0.319 e. The van der Waals surface area contributed by atoms with E-state index in [1.165, 1.54) is 11.1 Å². The van der Waals surface area contributed by atoms with Crippen LogP contribution in [0.5, 0.6) is 0 Å². The summed E-state index contributed by atoms with van der Waals surface area (Å²) < 4.78 is 0. The Labute approximate surface area is 161 Å². The van der Waals surface area contributed by atoms with Crippen LogP contribution >= 0.6 is 0 Å². The van der Waals surface area contributed by atoms with E-state index in [2.05, 4.69) is 11.4 Å². The number of aryl methyl sites for hydroxylation is 1. The summed E-state index contributed by atoms with van der Waals surface area (Å²) in [5, 5.41) is 3.27. The zero-order valence-electron chi connectivity index (χ0n) is 16.0. The van der Waals surface area contributed by atoms with E-state index in [-0.39, 0.29) is 23.9 Å². The minimum atomic E-state index is 0.00628. The molecule has 2 fully saturated rings. The number of benzene rings is 1. The lowest BCUT2D eigenvalue weighted by Gasteiger charge is -2.35. The quantitative estimate of drug-likeness (QED) is 0.786. The normalized spacial score (nSPS) is 23.2. The predicted molar refractivity (Wildman–Crippen MR) is 105 cm³/mol. The highest BCUT2D eigenvalue weighted by Crippen LogP contribution is 2.32. The number of nitrogens with one attached hydrogen (secondary N) is 1. The van der Waals surface area contributed by atoms with Crippen molar-refractivity contribution in [2.45, 2.75) is 51.0 Å². The molecule has 3 N–H and O–H groups in total. The number of urea groups is 1. The number of anilines is 1. The third kappa shape index (κ3) is 3.89. The van der Waals surface area contributed by atoms with Crippen LogP contribution in [0.25, 0.3) is 0 Å². The largest absolute Gasteiger partial charge is 0.399 e. The van der Waals surface area contributed by atoms with Gasteiger partial charge in [-0.1, -0.05) is 6.07 Å². The molecule has 0 aromatic heterocycles. The Morgan fingerprint density at radius 3 is 2.41 bits per heavy atom. The molecule has 0 saturated carbocycles. The molecule has 27 heavy (non-hydrogen) atoms. The first kappa shape index (κ1) is 18.1. The lowest BCUT2D eigenvalue weighted by molar-refractivity contribution is -0.127. The van der Waals surface area contributed by atoms with Crippen molar-refractivity contribution in [3.8, 4) is 0 Å². The third-order valence-electron chi connectivity index (χ3n) is 6.31. The number of nitrogens with zero attached hydrogens (tertiary/aromatic N) is 2. The molecule has 0 bridgehead atoms. The summed E-state index contributed by atoms with van der Waals surface area (Å²) in [5.41, 5.74) is 9.17. The van der Waals surface area contributed by atoms with Gasteiger partial charge in [0.25, 0.3) is 0 Å². The highest BCUT2D eigenvalue weighted by molar-refractivity contribution is 5.80. The van der Waals surface area contributed by atoms with Crippen LogP contribution in [0, 0.1) is 5.92 Å². The van der Waals surface area contributed by atoms with E-state index in [4.69, 9.17) is 5.73 Å². The summed E-state index contributed by atoms with van der Waals surface area (Å²) in [5.74, 6) is 0.143. The molecule has 3 aliphatic rings. The summed E-state index contributed by atoms with van der Waals surface area (Å²) in [7, 11) is 0. The topological polar surface area (TPSA) is 78.7 Å². The molecule has 2 heterocycles. The van der Waals surface area contributed by atoms with Crippen LogP contribution in [0.2, 0.25) is 0 Å². The van der Waals surface area contributed by atoms with Crippen LogP contribution in [0.15, 0.2) is 18.2 Å². The van der Waals surface area contributed by atoms with Crippen molar-refractivity contribution in [1.82, 2.24) is 15.1 Å². The summed E-state index contributed by atoms with van der Waals surface area (Å²) in [6.45, 7) is 3.13. The molecule has 2 aliphatic heterocycles. The second kappa shape index (κ2) is 7.79. The lowest BCUT2D eigenvalue weighted by Crippen LogP contribution is -2.48. The highest BCUT2D eigenvalue weighted by Gasteiger charge is 2.32. The zero-order chi connectivity index (χ0) is 18.8. The van der Waals surface area contributed by atoms with Gasteiger partial charge in [-0.25, -0.2) is 4.79 Å². The lowest BCUT2D eigenvalue weighted by atomic mass is 9.86. The van der Waals surface area contributed by atoms with Gasteiger partial charge >= 0.3 is 6.03 Å². The maximum atomic E-state index is 12.8. The number of hydrogen-bond donors (Lipinski definition) is 2. The van der Waals surface area contributed by atoms with Crippen LogP contribution in [0.3, 0.4) is 0 Å². The Kier molecular flexibility index (Phi) is 5.23. The van der Waals surface area contributed by atoms with Crippen LogP contribution in [0.1, 0.15) is 55.7 Å². The summed E-state index contributed by atoms with van der Waals surface area (Å²) in [6, 6.07) is 6.27. The number of nitrogens with two attached hydrogens (primary N) is 1. The SMILES string of the molecule is Nc1ccc2c(c1)CCCC2NC(=O)C1CCN(C(=O)N2CCCC2)CC1. The van der Waals surface area contributed by atoms with Gasteiger partial charge in [-0.15, -0.1) is 0 Å². The van der Waals surface area contributed by atoms with Gasteiger partial charge in [0.1, 0.15) is 0 Å². The Balaban J connectivity index is 1.32. The van der Waals surface area contributed by atoms with Crippen molar-refractivity contribution in [3.05, 3.63) is 29.3 Å². The number of amides is 3. The fraction of sp³-hybridized carbons (Fsp3) is 0.619. The molecule has 1 aromatic carbocycles. The van der Waals surface area contributed by atoms with Crippen molar-refractivity contribution in [2.24, 2.45) is 5.92 Å². The molecule has 1 atom stereocenters. The Bertz CT molecular complexity index is 706. The zero-order valence-corrected chi connectivity index (χ0v) is 16.0. The van der Waals surface area contributed by atoms with Crippen LogP contribution < -0.4 is 11.1 Å². The van der Waals surface area contributed by atoms with Crippen molar-refractivity contribution >= 4 is 17.6 Å². The monoisotopic (exact) mass is 370 g/mol. The highest BCUT2D eigenvalue weighted by atomic mass is 16.2. The number of fused-ring (bicyclic) bond motifs is 1. The van der Waals surface area contributed by atoms with E-state index in [1.54, 1.807) is 0 Å². The molecule has 0 spiro atoms. The first-order chi connectivity index (χ1) is 13.1. The first-order valence-electron chi connectivity index (χ1n) is 10.3. The molecule has 6 nitrogen and oxygen atoms in total. The molecule has 1 unspecified atom stereocenters. The fourth-order valence-electron chi connectivity index (χ4n) is 4.72. The molecule has 2 saturated heterocycles. The van der Waals surface area contributed by atoms with Gasteiger partial charge in [-0.2, -0.15) is 0 Å². The van der Waals surface area contributed by atoms with E-state index in [1.807, 2.05) is 21.9 Å². The standard InChI is InChI=1S/C21H30N4O2/c22-17-6-7-18-16(14-17)4-3-5-19(18)23-20(26)15-8-12-25(13-9-15)21(27)24-10-1-2-11-24/h6-7,14-15,19H,1-5,8-13,22H2,(H,23,26). The maximum absolute atomic E-state index is 12.8. The van der Waals surface area contributed by atoms with Crippen molar-refractivity contribution < 1.29 is 9.59 Å². The van der Waals surface area contributed by atoms with Gasteiger partial charge < -0.3 is 20.9 Å². The molecule has 3 amide bonds. The number of rotatable bonds is 2. The summed E-state index contributed by atoms with van der Waals surface area (Å²) >= 11 is 0. The minimum Gasteiger partial charge on any atom is -0.399 e. The Morgan fingerprint density at radius 1 is 0.963 bits per heavy atom. The number of hydrogen-bond acceptors (Lipinski definition) is 3. The number of carbonyl (C=O) groups excluding carboxylic acids is 2. The predicted octanol–water partition coefficient (Wildman–Crippen LogP) is 2.69. The van der Waals surface area contributed by atoms with Gasteiger partial charge in [0.05, 0.1) is 6.04 Å².